The molecule has 0 amide bonds. The molecule has 0 bridgehead atoms. The van der Waals surface area contributed by atoms with E-state index in [0.29, 0.717) is 15.7 Å². The number of hydrogen-bond donors (Lipinski definition) is 1. The van der Waals surface area contributed by atoms with Crippen LogP contribution in [-0.2, 0) is 0 Å². The fourth-order valence-corrected chi connectivity index (χ4v) is 3.02. The van der Waals surface area contributed by atoms with Crippen LogP contribution in [0.25, 0.3) is 0 Å². The topological polar surface area (TPSA) is 46.5 Å². The van der Waals surface area contributed by atoms with Crippen LogP contribution in [0.5, 0.6) is 5.75 Å². The van der Waals surface area contributed by atoms with Gasteiger partial charge in [0.25, 0.3) is 0 Å². The number of benzene rings is 2. The Morgan fingerprint density at radius 1 is 1.20 bits per heavy atom. The SMILES string of the molecule is COc1ccc(C(=O)O)c(Sc2cc(Cl)ccc2C)c1. The van der Waals surface area contributed by atoms with Gasteiger partial charge in [-0.3, -0.25) is 0 Å². The van der Waals surface area contributed by atoms with Crippen molar-refractivity contribution in [1.82, 2.24) is 0 Å². The molecule has 20 heavy (non-hydrogen) atoms. The smallest absolute Gasteiger partial charge is 0.336 e. The van der Waals surface area contributed by atoms with Crippen molar-refractivity contribution in [2.45, 2.75) is 16.7 Å². The molecule has 0 aromatic heterocycles. The minimum atomic E-state index is -0.963. The molecule has 0 saturated carbocycles. The zero-order valence-corrected chi connectivity index (χ0v) is 12.6. The molecule has 2 rings (SSSR count). The van der Waals surface area contributed by atoms with Gasteiger partial charge in [-0.05, 0) is 42.8 Å². The average Bonchev–Trinajstić information content (AvgIpc) is 2.42. The van der Waals surface area contributed by atoms with E-state index in [-0.39, 0.29) is 5.56 Å². The molecule has 0 aliphatic carbocycles. The number of aromatic carboxylic acids is 1. The third kappa shape index (κ3) is 3.26. The number of carboxylic acids is 1. The Labute approximate surface area is 126 Å². The van der Waals surface area contributed by atoms with Crippen LogP contribution in [0.15, 0.2) is 46.2 Å². The van der Waals surface area contributed by atoms with E-state index in [1.54, 1.807) is 25.3 Å². The van der Waals surface area contributed by atoms with Gasteiger partial charge in [0.1, 0.15) is 5.75 Å². The van der Waals surface area contributed by atoms with Crippen molar-refractivity contribution >= 4 is 29.3 Å². The van der Waals surface area contributed by atoms with Crippen molar-refractivity contribution in [3.8, 4) is 5.75 Å². The van der Waals surface area contributed by atoms with E-state index < -0.39 is 5.97 Å². The fraction of sp³-hybridized carbons (Fsp3) is 0.133. The van der Waals surface area contributed by atoms with E-state index >= 15 is 0 Å². The lowest BCUT2D eigenvalue weighted by atomic mass is 10.2. The molecule has 0 heterocycles. The predicted molar refractivity (Wildman–Crippen MR) is 80.3 cm³/mol. The molecule has 0 aliphatic heterocycles. The lowest BCUT2D eigenvalue weighted by molar-refractivity contribution is 0.0693. The summed E-state index contributed by atoms with van der Waals surface area (Å²) in [5, 5.41) is 9.87. The van der Waals surface area contributed by atoms with Gasteiger partial charge in [-0.25, -0.2) is 4.79 Å². The summed E-state index contributed by atoms with van der Waals surface area (Å²) < 4.78 is 5.15. The quantitative estimate of drug-likeness (QED) is 0.903. The molecular formula is C15H13ClO3S. The van der Waals surface area contributed by atoms with E-state index in [1.807, 2.05) is 25.1 Å². The van der Waals surface area contributed by atoms with Crippen LogP contribution in [0, 0.1) is 6.92 Å². The maximum absolute atomic E-state index is 11.3. The van der Waals surface area contributed by atoms with Crippen molar-refractivity contribution in [3.63, 3.8) is 0 Å². The van der Waals surface area contributed by atoms with E-state index in [1.165, 1.54) is 11.8 Å². The van der Waals surface area contributed by atoms with Crippen LogP contribution in [0.3, 0.4) is 0 Å². The molecule has 0 radical (unpaired) electrons. The second-order valence-electron chi connectivity index (χ2n) is 4.18. The normalized spacial score (nSPS) is 10.3. The minimum absolute atomic E-state index is 0.246. The summed E-state index contributed by atoms with van der Waals surface area (Å²) >= 11 is 7.36. The molecule has 3 nitrogen and oxygen atoms in total. The summed E-state index contributed by atoms with van der Waals surface area (Å²) in [6.07, 6.45) is 0. The van der Waals surface area contributed by atoms with Gasteiger partial charge in [0.15, 0.2) is 0 Å². The van der Waals surface area contributed by atoms with Gasteiger partial charge in [0, 0.05) is 14.8 Å². The highest BCUT2D eigenvalue weighted by Gasteiger charge is 2.13. The largest absolute Gasteiger partial charge is 0.497 e. The van der Waals surface area contributed by atoms with Crippen LogP contribution in [0.2, 0.25) is 5.02 Å². The van der Waals surface area contributed by atoms with Gasteiger partial charge in [-0.1, -0.05) is 29.4 Å². The summed E-state index contributed by atoms with van der Waals surface area (Å²) in [6.45, 7) is 1.96. The number of aryl methyl sites for hydroxylation is 1. The van der Waals surface area contributed by atoms with Gasteiger partial charge < -0.3 is 9.84 Å². The maximum atomic E-state index is 11.3. The zero-order chi connectivity index (χ0) is 14.7. The van der Waals surface area contributed by atoms with Gasteiger partial charge in [0.2, 0.25) is 0 Å². The number of carbonyl (C=O) groups is 1. The molecule has 0 aliphatic rings. The summed E-state index contributed by atoms with van der Waals surface area (Å²) in [5.74, 6) is -0.341. The number of rotatable bonds is 4. The fourth-order valence-electron chi connectivity index (χ4n) is 1.69. The standard InChI is InChI=1S/C15H13ClO3S/c1-9-3-4-10(16)7-13(9)20-14-8-11(19-2)5-6-12(14)15(17)18/h3-8H,1-2H3,(H,17,18). The monoisotopic (exact) mass is 308 g/mol. The molecular weight excluding hydrogens is 296 g/mol. The van der Waals surface area contributed by atoms with Gasteiger partial charge in [0.05, 0.1) is 12.7 Å². The molecule has 0 spiro atoms. The first kappa shape index (κ1) is 14.8. The van der Waals surface area contributed by atoms with Gasteiger partial charge >= 0.3 is 5.97 Å². The van der Waals surface area contributed by atoms with Crippen LogP contribution in [-0.4, -0.2) is 18.2 Å². The third-order valence-electron chi connectivity index (χ3n) is 2.79. The van der Waals surface area contributed by atoms with Crippen molar-refractivity contribution < 1.29 is 14.6 Å². The Morgan fingerprint density at radius 3 is 2.60 bits per heavy atom. The number of halogens is 1. The Hall–Kier alpha value is -1.65. The van der Waals surface area contributed by atoms with E-state index in [0.717, 1.165) is 10.5 Å². The lowest BCUT2D eigenvalue weighted by Gasteiger charge is -2.10. The van der Waals surface area contributed by atoms with Crippen molar-refractivity contribution in [3.05, 3.63) is 52.5 Å². The minimum Gasteiger partial charge on any atom is -0.497 e. The highest BCUT2D eigenvalue weighted by atomic mass is 35.5. The van der Waals surface area contributed by atoms with Crippen LogP contribution in [0.1, 0.15) is 15.9 Å². The molecule has 0 saturated heterocycles. The van der Waals surface area contributed by atoms with Crippen molar-refractivity contribution in [1.29, 1.82) is 0 Å². The number of methoxy groups -OCH3 is 1. The number of ether oxygens (including phenoxy) is 1. The van der Waals surface area contributed by atoms with Gasteiger partial charge in [-0.15, -0.1) is 0 Å². The molecule has 104 valence electrons. The Bertz CT molecular complexity index is 656. The highest BCUT2D eigenvalue weighted by Crippen LogP contribution is 2.36. The van der Waals surface area contributed by atoms with E-state index in [9.17, 15) is 9.90 Å². The van der Waals surface area contributed by atoms with E-state index in [4.69, 9.17) is 16.3 Å². The first-order valence-corrected chi connectivity index (χ1v) is 7.06. The predicted octanol–water partition coefficient (Wildman–Crippen LogP) is 4.51. The lowest BCUT2D eigenvalue weighted by Crippen LogP contribution is -1.99. The number of carboxylic acid groups (broad SMARTS) is 1. The van der Waals surface area contributed by atoms with Crippen molar-refractivity contribution in [2.24, 2.45) is 0 Å². The molecule has 0 unspecified atom stereocenters. The second-order valence-corrected chi connectivity index (χ2v) is 5.70. The summed E-state index contributed by atoms with van der Waals surface area (Å²) in [7, 11) is 1.55. The molecule has 0 fully saturated rings. The maximum Gasteiger partial charge on any atom is 0.336 e. The van der Waals surface area contributed by atoms with Crippen molar-refractivity contribution in [2.75, 3.05) is 7.11 Å². The highest BCUT2D eigenvalue weighted by molar-refractivity contribution is 7.99. The summed E-state index contributed by atoms with van der Waals surface area (Å²) in [4.78, 5) is 12.8. The number of hydrogen-bond acceptors (Lipinski definition) is 3. The molecule has 1 N–H and O–H groups in total. The third-order valence-corrected chi connectivity index (χ3v) is 4.24. The summed E-state index contributed by atoms with van der Waals surface area (Å²) in [5.41, 5.74) is 1.29. The molecule has 2 aromatic carbocycles. The first-order valence-electron chi connectivity index (χ1n) is 5.86. The van der Waals surface area contributed by atoms with Gasteiger partial charge in [-0.2, -0.15) is 0 Å². The molecule has 2 aromatic rings. The Kier molecular flexibility index (Phi) is 4.57. The Balaban J connectivity index is 2.45. The average molecular weight is 309 g/mol. The van der Waals surface area contributed by atoms with Crippen LogP contribution >= 0.6 is 23.4 Å². The van der Waals surface area contributed by atoms with Crippen LogP contribution < -0.4 is 4.74 Å². The Morgan fingerprint density at radius 2 is 1.95 bits per heavy atom. The zero-order valence-electron chi connectivity index (χ0n) is 11.0. The summed E-state index contributed by atoms with van der Waals surface area (Å²) in [6, 6.07) is 10.4. The first-order chi connectivity index (χ1) is 9.51. The second kappa shape index (κ2) is 6.20. The van der Waals surface area contributed by atoms with E-state index in [2.05, 4.69) is 0 Å². The molecule has 0 atom stereocenters. The molecule has 5 heteroatoms. The van der Waals surface area contributed by atoms with Crippen LogP contribution in [0.4, 0.5) is 0 Å².